The molecule has 0 saturated carbocycles. The average Bonchev–Trinajstić information content (AvgIpc) is 2.87. The molecule has 0 unspecified atom stereocenters. The molecule has 2 aromatic rings. The minimum atomic E-state index is 0.933. The van der Waals surface area contributed by atoms with Crippen molar-refractivity contribution in [2.24, 2.45) is 10.2 Å². The number of nitrogens with zero attached hydrogens (tertiary/aromatic N) is 2. The van der Waals surface area contributed by atoms with Gasteiger partial charge in [0, 0.05) is 0 Å². The number of aryl methyl sites for hydroxylation is 2. The van der Waals surface area contributed by atoms with E-state index >= 15 is 0 Å². The molecular formula is C32H50N2. The second-order valence-corrected chi connectivity index (χ2v) is 9.98. The molecule has 0 spiro atoms. The van der Waals surface area contributed by atoms with Gasteiger partial charge in [-0.2, -0.15) is 10.2 Å². The summed E-state index contributed by atoms with van der Waals surface area (Å²) in [6, 6.07) is 17.2. The summed E-state index contributed by atoms with van der Waals surface area (Å²) in [7, 11) is 0. The summed E-state index contributed by atoms with van der Waals surface area (Å²) in [6.07, 6.45) is 24.3. The van der Waals surface area contributed by atoms with Crippen molar-refractivity contribution < 1.29 is 0 Å². The molecule has 0 aromatic heterocycles. The maximum Gasteiger partial charge on any atom is 0.0857 e. The van der Waals surface area contributed by atoms with Crippen LogP contribution in [0.1, 0.15) is 128 Å². The van der Waals surface area contributed by atoms with Crippen LogP contribution in [-0.4, -0.2) is 0 Å². The lowest BCUT2D eigenvalue weighted by Gasteiger charge is -2.04. The Bertz CT molecular complexity index is 680. The minimum absolute atomic E-state index is 0.933. The Morgan fingerprint density at radius 2 is 0.676 bits per heavy atom. The van der Waals surface area contributed by atoms with Crippen LogP contribution in [0.2, 0.25) is 0 Å². The van der Waals surface area contributed by atoms with Crippen molar-refractivity contribution >= 4 is 11.4 Å². The zero-order valence-corrected chi connectivity index (χ0v) is 22.2. The Morgan fingerprint density at radius 3 is 1.00 bits per heavy atom. The number of unbranched alkanes of at least 4 members (excludes halogenated alkanes) is 14. The molecule has 2 aromatic carbocycles. The van der Waals surface area contributed by atoms with Gasteiger partial charge in [0.25, 0.3) is 0 Å². The fraction of sp³-hybridized carbons (Fsp3) is 0.625. The number of hydrogen-bond donors (Lipinski definition) is 0. The van der Waals surface area contributed by atoms with Crippen molar-refractivity contribution in [1.82, 2.24) is 0 Å². The van der Waals surface area contributed by atoms with Gasteiger partial charge in [-0.25, -0.2) is 0 Å². The van der Waals surface area contributed by atoms with E-state index in [0.29, 0.717) is 0 Å². The zero-order valence-electron chi connectivity index (χ0n) is 22.2. The van der Waals surface area contributed by atoms with E-state index in [-0.39, 0.29) is 0 Å². The van der Waals surface area contributed by atoms with Crippen LogP contribution in [-0.2, 0) is 12.8 Å². The second kappa shape index (κ2) is 19.4. The summed E-state index contributed by atoms with van der Waals surface area (Å²) in [4.78, 5) is 0. The molecule has 2 nitrogen and oxygen atoms in total. The van der Waals surface area contributed by atoms with E-state index in [4.69, 9.17) is 0 Å². The molecule has 0 bridgehead atoms. The smallest absolute Gasteiger partial charge is 0.0857 e. The number of azo groups is 1. The van der Waals surface area contributed by atoms with Crippen molar-refractivity contribution in [3.63, 3.8) is 0 Å². The van der Waals surface area contributed by atoms with E-state index in [1.54, 1.807) is 0 Å². The number of rotatable bonds is 20. The molecule has 34 heavy (non-hydrogen) atoms. The monoisotopic (exact) mass is 462 g/mol. The third-order valence-corrected chi connectivity index (χ3v) is 6.79. The maximum absolute atomic E-state index is 4.43. The predicted molar refractivity (Wildman–Crippen MR) is 150 cm³/mol. The van der Waals surface area contributed by atoms with Crippen LogP contribution in [0.5, 0.6) is 0 Å². The Hall–Kier alpha value is -1.96. The summed E-state index contributed by atoms with van der Waals surface area (Å²) in [5, 5.41) is 8.87. The quantitative estimate of drug-likeness (QED) is 0.138. The Morgan fingerprint density at radius 1 is 0.382 bits per heavy atom. The fourth-order valence-corrected chi connectivity index (χ4v) is 4.50. The van der Waals surface area contributed by atoms with Crippen molar-refractivity contribution in [1.29, 1.82) is 0 Å². The van der Waals surface area contributed by atoms with Gasteiger partial charge in [0.15, 0.2) is 0 Å². The molecular weight excluding hydrogens is 412 g/mol. The van der Waals surface area contributed by atoms with E-state index in [2.05, 4.69) is 72.6 Å². The first-order valence-corrected chi connectivity index (χ1v) is 14.4. The first kappa shape index (κ1) is 28.3. The van der Waals surface area contributed by atoms with Crippen molar-refractivity contribution in [3.8, 4) is 0 Å². The van der Waals surface area contributed by atoms with E-state index in [0.717, 1.165) is 11.4 Å². The highest BCUT2D eigenvalue weighted by atomic mass is 15.1. The van der Waals surface area contributed by atoms with Gasteiger partial charge in [-0.1, -0.05) is 128 Å². The van der Waals surface area contributed by atoms with Gasteiger partial charge < -0.3 is 0 Å². The fourth-order valence-electron chi connectivity index (χ4n) is 4.50. The van der Waals surface area contributed by atoms with Crippen LogP contribution in [0.4, 0.5) is 11.4 Å². The Balaban J connectivity index is 1.60. The van der Waals surface area contributed by atoms with Gasteiger partial charge in [-0.3, -0.25) is 0 Å². The number of benzene rings is 2. The molecule has 0 amide bonds. The molecule has 0 saturated heterocycles. The zero-order chi connectivity index (χ0) is 24.1. The second-order valence-electron chi connectivity index (χ2n) is 9.98. The Labute approximate surface area is 210 Å². The van der Waals surface area contributed by atoms with Crippen LogP contribution in [0.3, 0.4) is 0 Å². The molecule has 0 heterocycles. The first-order valence-electron chi connectivity index (χ1n) is 14.4. The van der Waals surface area contributed by atoms with Gasteiger partial charge in [0.2, 0.25) is 0 Å². The maximum atomic E-state index is 4.43. The lowest BCUT2D eigenvalue weighted by Crippen LogP contribution is -1.86. The lowest BCUT2D eigenvalue weighted by atomic mass is 10.0. The summed E-state index contributed by atoms with van der Waals surface area (Å²) in [5.74, 6) is 0. The molecule has 0 radical (unpaired) electrons. The van der Waals surface area contributed by atoms with Crippen molar-refractivity contribution in [2.45, 2.75) is 129 Å². The SMILES string of the molecule is CCCCCCCCCCc1ccc(/N=N/c2ccc(CCCCCCCCCC)cc2)cc1. The van der Waals surface area contributed by atoms with Crippen LogP contribution >= 0.6 is 0 Å². The van der Waals surface area contributed by atoms with E-state index in [9.17, 15) is 0 Å². The van der Waals surface area contributed by atoms with Crippen molar-refractivity contribution in [2.75, 3.05) is 0 Å². The van der Waals surface area contributed by atoms with Crippen LogP contribution in [0, 0.1) is 0 Å². The van der Waals surface area contributed by atoms with Gasteiger partial charge in [0.1, 0.15) is 0 Å². The third-order valence-electron chi connectivity index (χ3n) is 6.79. The minimum Gasteiger partial charge on any atom is -0.151 e. The normalized spacial score (nSPS) is 11.5. The Kier molecular flexibility index (Phi) is 16.1. The third kappa shape index (κ3) is 13.7. The molecule has 0 aliphatic carbocycles. The van der Waals surface area contributed by atoms with E-state index in [1.807, 2.05) is 0 Å². The molecule has 0 aliphatic heterocycles. The molecule has 2 heteroatoms. The lowest BCUT2D eigenvalue weighted by molar-refractivity contribution is 0.575. The molecule has 0 aliphatic rings. The highest BCUT2D eigenvalue weighted by Crippen LogP contribution is 2.21. The predicted octanol–water partition coefficient (Wildman–Crippen LogP) is 11.5. The van der Waals surface area contributed by atoms with Crippen molar-refractivity contribution in [3.05, 3.63) is 59.7 Å². The summed E-state index contributed by atoms with van der Waals surface area (Å²) < 4.78 is 0. The number of hydrogen-bond acceptors (Lipinski definition) is 2. The van der Waals surface area contributed by atoms with Gasteiger partial charge in [-0.15, -0.1) is 0 Å². The topological polar surface area (TPSA) is 24.7 Å². The summed E-state index contributed by atoms with van der Waals surface area (Å²) in [6.45, 7) is 4.56. The van der Waals surface area contributed by atoms with Gasteiger partial charge in [-0.05, 0) is 61.1 Å². The molecule has 2 rings (SSSR count). The standard InChI is InChI=1S/C32H50N2/c1-3-5-7-9-11-13-15-17-19-29-21-25-31(26-22-29)33-34-32-27-23-30(24-28-32)20-18-16-14-12-10-8-6-4-2/h21-28H,3-20H2,1-2H3/b34-33+. The van der Waals surface area contributed by atoms with E-state index in [1.165, 1.54) is 127 Å². The van der Waals surface area contributed by atoms with Crippen LogP contribution in [0.15, 0.2) is 58.8 Å². The molecule has 0 N–H and O–H groups in total. The average molecular weight is 463 g/mol. The largest absolute Gasteiger partial charge is 0.151 e. The van der Waals surface area contributed by atoms with Gasteiger partial charge in [0.05, 0.1) is 11.4 Å². The van der Waals surface area contributed by atoms with Crippen LogP contribution < -0.4 is 0 Å². The van der Waals surface area contributed by atoms with Crippen LogP contribution in [0.25, 0.3) is 0 Å². The molecule has 188 valence electrons. The van der Waals surface area contributed by atoms with E-state index < -0.39 is 0 Å². The summed E-state index contributed by atoms with van der Waals surface area (Å²) in [5.41, 5.74) is 4.69. The molecule has 0 atom stereocenters. The molecule has 0 fully saturated rings. The van der Waals surface area contributed by atoms with Gasteiger partial charge >= 0.3 is 0 Å². The highest BCUT2D eigenvalue weighted by Gasteiger charge is 1.98. The highest BCUT2D eigenvalue weighted by molar-refractivity contribution is 5.42. The summed E-state index contributed by atoms with van der Waals surface area (Å²) >= 11 is 0. The first-order chi connectivity index (χ1) is 16.8.